The lowest BCUT2D eigenvalue weighted by Gasteiger charge is -2.26. The minimum Gasteiger partial charge on any atom is -0.454 e. The van der Waals surface area contributed by atoms with E-state index in [1.807, 2.05) is 42.5 Å². The summed E-state index contributed by atoms with van der Waals surface area (Å²) in [7, 11) is -3.96. The van der Waals surface area contributed by atoms with Gasteiger partial charge in [-0.2, -0.15) is 0 Å². The molecule has 8 heteroatoms. The summed E-state index contributed by atoms with van der Waals surface area (Å²) in [5.41, 5.74) is 2.19. The second-order valence-electron chi connectivity index (χ2n) is 8.20. The number of amides is 1. The van der Waals surface area contributed by atoms with E-state index in [-0.39, 0.29) is 36.2 Å². The number of nitrogens with zero attached hydrogens (tertiary/aromatic N) is 1. The fourth-order valence-corrected chi connectivity index (χ4v) is 5.47. The first-order valence-corrected chi connectivity index (χ1v) is 12.8. The van der Waals surface area contributed by atoms with Crippen molar-refractivity contribution in [2.45, 2.75) is 18.0 Å². The van der Waals surface area contributed by atoms with E-state index in [1.165, 1.54) is 4.31 Å². The van der Waals surface area contributed by atoms with Crippen molar-refractivity contribution in [2.75, 3.05) is 11.1 Å². The number of carbonyl (C=O) groups excluding carboxylic acids is 1. The van der Waals surface area contributed by atoms with Gasteiger partial charge < -0.3 is 14.8 Å². The highest BCUT2D eigenvalue weighted by Gasteiger charge is 2.28. The van der Waals surface area contributed by atoms with Gasteiger partial charge in [-0.05, 0) is 47.5 Å². The zero-order valence-electron chi connectivity index (χ0n) is 19.3. The smallest absolute Gasteiger partial charge is 0.264 e. The number of rotatable bonds is 8. The highest BCUT2D eigenvalue weighted by molar-refractivity contribution is 7.92. The third kappa shape index (κ3) is 4.89. The predicted octanol–water partition coefficient (Wildman–Crippen LogP) is 4.74. The van der Waals surface area contributed by atoms with Crippen LogP contribution in [0.25, 0.3) is 0 Å². The second-order valence-corrected chi connectivity index (χ2v) is 10.1. The van der Waals surface area contributed by atoms with Gasteiger partial charge in [0.05, 0.1) is 22.7 Å². The lowest BCUT2D eigenvalue weighted by molar-refractivity contribution is 0.0951. The summed E-state index contributed by atoms with van der Waals surface area (Å²) in [6, 6.07) is 29.7. The predicted molar refractivity (Wildman–Crippen MR) is 136 cm³/mol. The molecule has 0 aromatic heterocycles. The molecule has 0 atom stereocenters. The van der Waals surface area contributed by atoms with E-state index >= 15 is 0 Å². The maximum atomic E-state index is 13.8. The number of hydrogen-bond acceptors (Lipinski definition) is 5. The molecule has 36 heavy (non-hydrogen) atoms. The van der Waals surface area contributed by atoms with E-state index in [0.29, 0.717) is 17.2 Å². The molecular weight excluding hydrogens is 476 g/mol. The summed E-state index contributed by atoms with van der Waals surface area (Å²) in [6.45, 7) is 0.490. The first-order valence-electron chi connectivity index (χ1n) is 11.4. The quantitative estimate of drug-likeness (QED) is 0.378. The van der Waals surface area contributed by atoms with Crippen LogP contribution in [0.4, 0.5) is 5.69 Å². The Kier molecular flexibility index (Phi) is 6.60. The largest absolute Gasteiger partial charge is 0.454 e. The van der Waals surface area contributed by atoms with Crippen LogP contribution in [-0.4, -0.2) is 21.1 Å². The molecule has 0 aliphatic carbocycles. The Morgan fingerprint density at radius 2 is 1.44 bits per heavy atom. The molecule has 0 bridgehead atoms. The van der Waals surface area contributed by atoms with Gasteiger partial charge in [0, 0.05) is 6.54 Å². The Bertz CT molecular complexity index is 1470. The van der Waals surface area contributed by atoms with Crippen LogP contribution in [0.5, 0.6) is 11.5 Å². The average molecular weight is 501 g/mol. The summed E-state index contributed by atoms with van der Waals surface area (Å²) in [4.78, 5) is 13.5. The van der Waals surface area contributed by atoms with Gasteiger partial charge in [-0.15, -0.1) is 0 Å². The van der Waals surface area contributed by atoms with Gasteiger partial charge in [0.1, 0.15) is 0 Å². The third-order valence-corrected chi connectivity index (χ3v) is 7.58. The molecule has 182 valence electrons. The van der Waals surface area contributed by atoms with Gasteiger partial charge in [0.2, 0.25) is 6.79 Å². The Morgan fingerprint density at radius 1 is 0.778 bits per heavy atom. The normalized spacial score (nSPS) is 12.2. The third-order valence-electron chi connectivity index (χ3n) is 5.81. The van der Waals surface area contributed by atoms with Crippen molar-refractivity contribution in [3.8, 4) is 11.5 Å². The first-order chi connectivity index (χ1) is 17.5. The van der Waals surface area contributed by atoms with Crippen molar-refractivity contribution in [3.05, 3.63) is 120 Å². The van der Waals surface area contributed by atoms with Crippen molar-refractivity contribution in [3.63, 3.8) is 0 Å². The summed E-state index contributed by atoms with van der Waals surface area (Å²) in [5.74, 6) is 0.910. The van der Waals surface area contributed by atoms with Crippen molar-refractivity contribution in [1.82, 2.24) is 5.32 Å². The lowest BCUT2D eigenvalue weighted by atomic mass is 10.1. The molecule has 5 rings (SSSR count). The van der Waals surface area contributed by atoms with Gasteiger partial charge in [-0.25, -0.2) is 8.42 Å². The van der Waals surface area contributed by atoms with Crippen LogP contribution in [0.3, 0.4) is 0 Å². The van der Waals surface area contributed by atoms with Crippen molar-refractivity contribution >= 4 is 21.6 Å². The molecule has 1 heterocycles. The second kappa shape index (κ2) is 10.1. The van der Waals surface area contributed by atoms with Crippen LogP contribution in [0.1, 0.15) is 21.5 Å². The summed E-state index contributed by atoms with van der Waals surface area (Å²) in [5, 5.41) is 2.90. The van der Waals surface area contributed by atoms with Crippen LogP contribution < -0.4 is 19.1 Å². The van der Waals surface area contributed by atoms with E-state index in [2.05, 4.69) is 5.32 Å². The number of nitrogens with one attached hydrogen (secondary N) is 1. The van der Waals surface area contributed by atoms with Crippen LogP contribution in [0, 0.1) is 0 Å². The summed E-state index contributed by atoms with van der Waals surface area (Å²) >= 11 is 0. The topological polar surface area (TPSA) is 84.9 Å². The van der Waals surface area contributed by atoms with Gasteiger partial charge in [-0.3, -0.25) is 9.10 Å². The maximum absolute atomic E-state index is 13.8. The Morgan fingerprint density at radius 3 is 2.22 bits per heavy atom. The number of anilines is 1. The summed E-state index contributed by atoms with van der Waals surface area (Å²) < 4.78 is 39.6. The van der Waals surface area contributed by atoms with Gasteiger partial charge in [0.15, 0.2) is 11.5 Å². The van der Waals surface area contributed by atoms with E-state index in [9.17, 15) is 13.2 Å². The van der Waals surface area contributed by atoms with Crippen LogP contribution in [0.2, 0.25) is 0 Å². The Hall–Kier alpha value is -4.30. The van der Waals surface area contributed by atoms with Gasteiger partial charge >= 0.3 is 0 Å². The Labute approximate surface area is 210 Å². The van der Waals surface area contributed by atoms with Crippen molar-refractivity contribution in [2.24, 2.45) is 0 Å². The molecule has 4 aromatic carbocycles. The molecule has 4 aromatic rings. The molecule has 0 spiro atoms. The summed E-state index contributed by atoms with van der Waals surface area (Å²) in [6.07, 6.45) is 0. The molecule has 0 saturated heterocycles. The highest BCUT2D eigenvalue weighted by Crippen LogP contribution is 2.33. The number of hydrogen-bond donors (Lipinski definition) is 1. The molecule has 1 aliphatic heterocycles. The number of ether oxygens (including phenoxy) is 2. The lowest BCUT2D eigenvalue weighted by Crippen LogP contribution is -2.33. The molecule has 1 aliphatic rings. The molecule has 0 unspecified atom stereocenters. The fraction of sp³-hybridized carbons (Fsp3) is 0.107. The van der Waals surface area contributed by atoms with Crippen molar-refractivity contribution in [1.29, 1.82) is 0 Å². The standard InChI is InChI=1S/C28H24N2O5S/c31-28(29-18-22-15-16-26-27(17-22)35-20-34-26)24-13-7-8-14-25(24)30(19-21-9-3-1-4-10-21)36(32,33)23-11-5-2-6-12-23/h1-17H,18-20H2,(H,29,31). The number of benzene rings is 4. The highest BCUT2D eigenvalue weighted by atomic mass is 32.2. The number of para-hydroxylation sites is 1. The Balaban J connectivity index is 1.47. The van der Waals surface area contributed by atoms with Crippen LogP contribution >= 0.6 is 0 Å². The fourth-order valence-electron chi connectivity index (χ4n) is 3.98. The molecule has 1 N–H and O–H groups in total. The molecule has 7 nitrogen and oxygen atoms in total. The first kappa shape index (κ1) is 23.4. The molecule has 0 saturated carbocycles. The van der Waals surface area contributed by atoms with E-state index < -0.39 is 10.0 Å². The van der Waals surface area contributed by atoms with Crippen molar-refractivity contribution < 1.29 is 22.7 Å². The van der Waals surface area contributed by atoms with Crippen LogP contribution in [-0.2, 0) is 23.1 Å². The van der Waals surface area contributed by atoms with E-state index in [0.717, 1.165) is 11.1 Å². The average Bonchev–Trinajstić information content (AvgIpc) is 3.39. The van der Waals surface area contributed by atoms with Gasteiger partial charge in [0.25, 0.3) is 15.9 Å². The minimum absolute atomic E-state index is 0.0739. The monoisotopic (exact) mass is 500 g/mol. The maximum Gasteiger partial charge on any atom is 0.264 e. The zero-order valence-corrected chi connectivity index (χ0v) is 20.1. The number of sulfonamides is 1. The molecule has 0 fully saturated rings. The number of carbonyl (C=O) groups is 1. The molecule has 0 radical (unpaired) electrons. The minimum atomic E-state index is -3.96. The van der Waals surface area contributed by atoms with Gasteiger partial charge in [-0.1, -0.05) is 66.7 Å². The van der Waals surface area contributed by atoms with Crippen LogP contribution in [0.15, 0.2) is 108 Å². The van der Waals surface area contributed by atoms with E-state index in [4.69, 9.17) is 9.47 Å². The number of fused-ring (bicyclic) bond motifs is 1. The molecule has 1 amide bonds. The zero-order chi connectivity index (χ0) is 25.0. The SMILES string of the molecule is O=C(NCc1ccc2c(c1)OCO2)c1ccccc1N(Cc1ccccc1)S(=O)(=O)c1ccccc1. The van der Waals surface area contributed by atoms with E-state index in [1.54, 1.807) is 60.7 Å². The molecular formula is C28H24N2O5S.